The summed E-state index contributed by atoms with van der Waals surface area (Å²) in [5.41, 5.74) is 3.16. The van der Waals surface area contributed by atoms with Crippen LogP contribution in [0.3, 0.4) is 0 Å². The zero-order valence-electron chi connectivity index (χ0n) is 11.1. The minimum absolute atomic E-state index is 0.371. The first kappa shape index (κ1) is 13.1. The number of carboxylic acids is 1. The van der Waals surface area contributed by atoms with Crippen molar-refractivity contribution in [3.05, 3.63) is 35.0 Å². The number of benzene rings is 1. The Morgan fingerprint density at radius 3 is 2.63 bits per heavy atom. The number of aromatic nitrogens is 1. The fourth-order valence-corrected chi connectivity index (χ4v) is 2.06. The van der Waals surface area contributed by atoms with Crippen molar-refractivity contribution < 1.29 is 14.7 Å². The molecule has 0 aliphatic carbocycles. The Morgan fingerprint density at radius 2 is 2.00 bits per heavy atom. The number of carboxylic acid groups (broad SMARTS) is 1. The second-order valence-corrected chi connectivity index (χ2v) is 4.71. The molecule has 19 heavy (non-hydrogen) atoms. The van der Waals surface area contributed by atoms with Gasteiger partial charge in [-0.3, -0.25) is 9.59 Å². The molecule has 0 unspecified atom stereocenters. The maximum Gasteiger partial charge on any atom is 0.325 e. The van der Waals surface area contributed by atoms with Crippen molar-refractivity contribution in [3.63, 3.8) is 0 Å². The Balaban J connectivity index is 2.44. The average Bonchev–Trinajstić information content (AvgIpc) is 2.64. The molecule has 0 aliphatic rings. The van der Waals surface area contributed by atoms with Crippen LogP contribution in [0.4, 0.5) is 0 Å². The van der Waals surface area contributed by atoms with Crippen molar-refractivity contribution in [2.24, 2.45) is 0 Å². The summed E-state index contributed by atoms with van der Waals surface area (Å²) in [7, 11) is 0. The molecule has 1 heterocycles. The molecule has 0 bridgehead atoms. The number of fused-ring (bicyclic) bond motifs is 1. The van der Waals surface area contributed by atoms with E-state index in [1.165, 1.54) is 6.92 Å². The van der Waals surface area contributed by atoms with Gasteiger partial charge in [0.2, 0.25) is 0 Å². The van der Waals surface area contributed by atoms with Crippen LogP contribution in [0.2, 0.25) is 0 Å². The molecular formula is C14H16N2O3. The molecule has 1 aromatic carbocycles. The van der Waals surface area contributed by atoms with Crippen molar-refractivity contribution in [2.45, 2.75) is 26.8 Å². The third kappa shape index (κ3) is 2.45. The fraction of sp³-hybridized carbons (Fsp3) is 0.286. The molecule has 0 saturated heterocycles. The number of nitrogens with one attached hydrogen (secondary N) is 2. The minimum Gasteiger partial charge on any atom is -0.480 e. The SMILES string of the molecule is Cc1ccc2[nH]c(C)c(C(=O)N[C@@H](C)C(=O)O)c2c1. The van der Waals surface area contributed by atoms with Crippen LogP contribution < -0.4 is 5.32 Å². The molecule has 1 amide bonds. The van der Waals surface area contributed by atoms with Crippen molar-refractivity contribution in [1.82, 2.24) is 10.3 Å². The van der Waals surface area contributed by atoms with Gasteiger partial charge in [0.05, 0.1) is 5.56 Å². The van der Waals surface area contributed by atoms with Crippen LogP contribution in [0.25, 0.3) is 10.9 Å². The van der Waals surface area contributed by atoms with Crippen LogP contribution in [0.5, 0.6) is 0 Å². The van der Waals surface area contributed by atoms with E-state index in [0.29, 0.717) is 5.56 Å². The van der Waals surface area contributed by atoms with Gasteiger partial charge in [0.15, 0.2) is 0 Å². The number of carbonyl (C=O) groups is 2. The summed E-state index contributed by atoms with van der Waals surface area (Å²) in [6, 6.07) is 4.87. The van der Waals surface area contributed by atoms with E-state index in [1.54, 1.807) is 6.92 Å². The molecule has 0 radical (unpaired) electrons. The largest absolute Gasteiger partial charge is 0.480 e. The standard InChI is InChI=1S/C14H16N2O3/c1-7-4-5-11-10(6-7)12(8(2)15-11)13(17)16-9(3)14(18)19/h4-6,9,15H,1-3H3,(H,16,17)(H,18,19)/t9-/m0/s1. The Kier molecular flexibility index (Phi) is 3.29. The van der Waals surface area contributed by atoms with Gasteiger partial charge in [0.25, 0.3) is 5.91 Å². The lowest BCUT2D eigenvalue weighted by Crippen LogP contribution is -2.38. The summed E-state index contributed by atoms with van der Waals surface area (Å²) >= 11 is 0. The minimum atomic E-state index is -1.05. The van der Waals surface area contributed by atoms with Crippen LogP contribution in [-0.2, 0) is 4.79 Å². The number of carbonyl (C=O) groups excluding carboxylic acids is 1. The Labute approximate surface area is 110 Å². The van der Waals surface area contributed by atoms with Gasteiger partial charge >= 0.3 is 5.97 Å². The summed E-state index contributed by atoms with van der Waals surface area (Å²) in [6.45, 7) is 5.19. The molecule has 1 aromatic heterocycles. The lowest BCUT2D eigenvalue weighted by Gasteiger charge is -2.09. The first-order chi connectivity index (χ1) is 8.90. The Morgan fingerprint density at radius 1 is 1.32 bits per heavy atom. The van der Waals surface area contributed by atoms with Gasteiger partial charge in [-0.15, -0.1) is 0 Å². The van der Waals surface area contributed by atoms with Gasteiger partial charge in [0.1, 0.15) is 6.04 Å². The smallest absolute Gasteiger partial charge is 0.325 e. The van der Waals surface area contributed by atoms with Crippen LogP contribution >= 0.6 is 0 Å². The molecule has 0 aliphatic heterocycles. The lowest BCUT2D eigenvalue weighted by atomic mass is 10.1. The van der Waals surface area contributed by atoms with Gasteiger partial charge in [-0.1, -0.05) is 11.6 Å². The zero-order chi connectivity index (χ0) is 14.2. The number of amides is 1. The summed E-state index contributed by atoms with van der Waals surface area (Å²) in [5.74, 6) is -1.42. The maximum atomic E-state index is 12.2. The molecule has 1 atom stereocenters. The fourth-order valence-electron chi connectivity index (χ4n) is 2.06. The molecule has 3 N–H and O–H groups in total. The number of aromatic amines is 1. The van der Waals surface area contributed by atoms with Crippen molar-refractivity contribution in [2.75, 3.05) is 0 Å². The maximum absolute atomic E-state index is 12.2. The van der Waals surface area contributed by atoms with Gasteiger partial charge in [-0.25, -0.2) is 0 Å². The monoisotopic (exact) mass is 260 g/mol. The number of aryl methyl sites for hydroxylation is 2. The number of H-pyrrole nitrogens is 1. The first-order valence-electron chi connectivity index (χ1n) is 6.02. The van der Waals surface area contributed by atoms with Crippen LogP contribution in [0.15, 0.2) is 18.2 Å². The lowest BCUT2D eigenvalue weighted by molar-refractivity contribution is -0.138. The third-order valence-electron chi connectivity index (χ3n) is 3.09. The first-order valence-corrected chi connectivity index (χ1v) is 6.02. The Bertz CT molecular complexity index is 658. The second kappa shape index (κ2) is 4.76. The number of hydrogen-bond acceptors (Lipinski definition) is 2. The summed E-state index contributed by atoms with van der Waals surface area (Å²) in [5, 5.41) is 12.1. The molecule has 100 valence electrons. The number of aliphatic carboxylic acids is 1. The highest BCUT2D eigenvalue weighted by atomic mass is 16.4. The zero-order valence-corrected chi connectivity index (χ0v) is 11.1. The van der Waals surface area contributed by atoms with Gasteiger partial charge < -0.3 is 15.4 Å². The van der Waals surface area contributed by atoms with Crippen molar-refractivity contribution in [1.29, 1.82) is 0 Å². The molecule has 0 saturated carbocycles. The predicted molar refractivity (Wildman–Crippen MR) is 72.3 cm³/mol. The van der Waals surface area contributed by atoms with Gasteiger partial charge in [-0.2, -0.15) is 0 Å². The van der Waals surface area contributed by atoms with Crippen molar-refractivity contribution in [3.8, 4) is 0 Å². The highest BCUT2D eigenvalue weighted by molar-refractivity contribution is 6.09. The highest BCUT2D eigenvalue weighted by Gasteiger charge is 2.20. The molecule has 5 nitrogen and oxygen atoms in total. The number of hydrogen-bond donors (Lipinski definition) is 3. The molecular weight excluding hydrogens is 244 g/mol. The molecule has 0 spiro atoms. The molecule has 2 rings (SSSR count). The van der Waals surface area contributed by atoms with E-state index in [-0.39, 0.29) is 5.91 Å². The van der Waals surface area contributed by atoms with Gasteiger partial charge in [0, 0.05) is 16.6 Å². The van der Waals surface area contributed by atoms with Crippen molar-refractivity contribution >= 4 is 22.8 Å². The van der Waals surface area contributed by atoms with E-state index in [0.717, 1.165) is 22.2 Å². The summed E-state index contributed by atoms with van der Waals surface area (Å²) in [4.78, 5) is 26.1. The molecule has 2 aromatic rings. The molecule has 5 heteroatoms. The predicted octanol–water partition coefficient (Wildman–Crippen LogP) is 1.99. The topological polar surface area (TPSA) is 82.2 Å². The summed E-state index contributed by atoms with van der Waals surface area (Å²) < 4.78 is 0. The van der Waals surface area contributed by atoms with E-state index in [4.69, 9.17) is 5.11 Å². The Hall–Kier alpha value is -2.30. The average molecular weight is 260 g/mol. The van der Waals surface area contributed by atoms with Gasteiger partial charge in [-0.05, 0) is 32.9 Å². The van der Waals surface area contributed by atoms with E-state index in [9.17, 15) is 9.59 Å². The highest BCUT2D eigenvalue weighted by Crippen LogP contribution is 2.23. The van der Waals surface area contributed by atoms with Crippen LogP contribution in [0.1, 0.15) is 28.5 Å². The normalized spacial score (nSPS) is 12.4. The van der Waals surface area contributed by atoms with Crippen LogP contribution in [-0.4, -0.2) is 28.0 Å². The molecule has 0 fully saturated rings. The third-order valence-corrected chi connectivity index (χ3v) is 3.09. The quantitative estimate of drug-likeness (QED) is 0.789. The van der Waals surface area contributed by atoms with Crippen LogP contribution in [0, 0.1) is 13.8 Å². The van der Waals surface area contributed by atoms with E-state index in [1.807, 2.05) is 25.1 Å². The van der Waals surface area contributed by atoms with E-state index in [2.05, 4.69) is 10.3 Å². The summed E-state index contributed by atoms with van der Waals surface area (Å²) in [6.07, 6.45) is 0. The second-order valence-electron chi connectivity index (χ2n) is 4.71. The van der Waals surface area contributed by atoms with E-state index < -0.39 is 12.0 Å². The van der Waals surface area contributed by atoms with E-state index >= 15 is 0 Å². The number of rotatable bonds is 3.